The highest BCUT2D eigenvalue weighted by Crippen LogP contribution is 2.15. The highest BCUT2D eigenvalue weighted by molar-refractivity contribution is 6.75. The molecule has 0 radical (unpaired) electrons. The maximum Gasteiger partial charge on any atom is 0.0487 e. The summed E-state index contributed by atoms with van der Waals surface area (Å²) < 4.78 is 0. The molecule has 0 aliphatic carbocycles. The van der Waals surface area contributed by atoms with Gasteiger partial charge in [0.1, 0.15) is 0 Å². The Morgan fingerprint density at radius 2 is 1.92 bits per heavy atom. The highest BCUT2D eigenvalue weighted by Gasteiger charge is 2.15. The molecule has 2 heteroatoms. The summed E-state index contributed by atoms with van der Waals surface area (Å²) in [4.78, 5) is 4.16. The van der Waals surface area contributed by atoms with Crippen molar-refractivity contribution < 1.29 is 0 Å². The molecule has 0 aliphatic rings. The molecule has 1 aromatic rings. The van der Waals surface area contributed by atoms with E-state index < -0.39 is 8.07 Å². The molecule has 1 aromatic heterocycles. The molecule has 0 aromatic carbocycles. The van der Waals surface area contributed by atoms with Crippen LogP contribution in [0, 0.1) is 0 Å². The summed E-state index contributed by atoms with van der Waals surface area (Å²) in [6.07, 6.45) is 5.03. The SMILES string of the molecule is CCc1cnccc1C[Si](C)(C)C. The predicted octanol–water partition coefficient (Wildman–Crippen LogP) is 3.06. The van der Waals surface area contributed by atoms with E-state index in [4.69, 9.17) is 0 Å². The van der Waals surface area contributed by atoms with Gasteiger partial charge in [-0.15, -0.1) is 0 Å². The van der Waals surface area contributed by atoms with Gasteiger partial charge in [0.2, 0.25) is 0 Å². The zero-order chi connectivity index (χ0) is 9.90. The second-order valence-electron chi connectivity index (χ2n) is 4.74. The van der Waals surface area contributed by atoms with E-state index >= 15 is 0 Å². The lowest BCUT2D eigenvalue weighted by molar-refractivity contribution is 1.05. The van der Waals surface area contributed by atoms with E-state index in [-0.39, 0.29) is 0 Å². The lowest BCUT2D eigenvalue weighted by Crippen LogP contribution is -2.24. The smallest absolute Gasteiger partial charge is 0.0487 e. The topological polar surface area (TPSA) is 12.9 Å². The van der Waals surface area contributed by atoms with Crippen molar-refractivity contribution in [2.75, 3.05) is 0 Å². The van der Waals surface area contributed by atoms with Gasteiger partial charge in [-0.25, -0.2) is 0 Å². The molecule has 0 bridgehead atoms. The van der Waals surface area contributed by atoms with Gasteiger partial charge in [0.25, 0.3) is 0 Å². The average Bonchev–Trinajstić information content (AvgIpc) is 2.02. The number of hydrogen-bond donors (Lipinski definition) is 0. The van der Waals surface area contributed by atoms with Crippen molar-refractivity contribution >= 4 is 8.07 Å². The zero-order valence-electron chi connectivity index (χ0n) is 9.09. The van der Waals surface area contributed by atoms with Gasteiger partial charge >= 0.3 is 0 Å². The molecule has 0 unspecified atom stereocenters. The third kappa shape index (κ3) is 3.31. The van der Waals surface area contributed by atoms with Gasteiger partial charge in [0.05, 0.1) is 0 Å². The van der Waals surface area contributed by atoms with Crippen molar-refractivity contribution in [3.63, 3.8) is 0 Å². The van der Waals surface area contributed by atoms with Crippen LogP contribution in [0.4, 0.5) is 0 Å². The van der Waals surface area contributed by atoms with E-state index in [0.29, 0.717) is 0 Å². The summed E-state index contributed by atoms with van der Waals surface area (Å²) in [5.41, 5.74) is 2.93. The fourth-order valence-electron chi connectivity index (χ4n) is 1.52. The molecular formula is C11H19NSi. The summed E-state index contributed by atoms with van der Waals surface area (Å²) in [5, 5.41) is 0. The van der Waals surface area contributed by atoms with Gasteiger partial charge in [-0.3, -0.25) is 4.98 Å². The number of aryl methyl sites for hydroxylation is 1. The average molecular weight is 193 g/mol. The largest absolute Gasteiger partial charge is 0.264 e. The van der Waals surface area contributed by atoms with Crippen LogP contribution in [0.15, 0.2) is 18.5 Å². The number of rotatable bonds is 3. The van der Waals surface area contributed by atoms with E-state index in [1.165, 1.54) is 17.2 Å². The van der Waals surface area contributed by atoms with Crippen molar-refractivity contribution in [1.29, 1.82) is 0 Å². The van der Waals surface area contributed by atoms with Gasteiger partial charge in [-0.2, -0.15) is 0 Å². The van der Waals surface area contributed by atoms with Crippen molar-refractivity contribution in [1.82, 2.24) is 4.98 Å². The Labute approximate surface area is 82.2 Å². The highest BCUT2D eigenvalue weighted by atomic mass is 28.3. The summed E-state index contributed by atoms with van der Waals surface area (Å²) in [6.45, 7) is 9.43. The number of aromatic nitrogens is 1. The van der Waals surface area contributed by atoms with Crippen LogP contribution in [-0.2, 0) is 12.5 Å². The Balaban J connectivity index is 2.87. The summed E-state index contributed by atoms with van der Waals surface area (Å²) >= 11 is 0. The molecular weight excluding hydrogens is 174 g/mol. The van der Waals surface area contributed by atoms with Crippen LogP contribution in [0.3, 0.4) is 0 Å². The minimum atomic E-state index is -0.973. The first-order valence-corrected chi connectivity index (χ1v) is 8.65. The number of pyridine rings is 1. The lowest BCUT2D eigenvalue weighted by Gasteiger charge is -2.17. The lowest BCUT2D eigenvalue weighted by atomic mass is 10.1. The van der Waals surface area contributed by atoms with Crippen molar-refractivity contribution in [2.45, 2.75) is 39.0 Å². The van der Waals surface area contributed by atoms with Crippen LogP contribution >= 0.6 is 0 Å². The van der Waals surface area contributed by atoms with Gasteiger partial charge in [0.15, 0.2) is 0 Å². The van der Waals surface area contributed by atoms with Crippen molar-refractivity contribution in [2.24, 2.45) is 0 Å². The van der Waals surface area contributed by atoms with Crippen molar-refractivity contribution in [3.8, 4) is 0 Å². The Bertz CT molecular complexity index is 276. The van der Waals surface area contributed by atoms with E-state index in [9.17, 15) is 0 Å². The molecule has 0 amide bonds. The molecule has 1 heterocycles. The van der Waals surface area contributed by atoms with E-state index in [1.54, 1.807) is 0 Å². The molecule has 0 atom stereocenters. The van der Waals surface area contributed by atoms with Crippen LogP contribution in [0.2, 0.25) is 19.6 Å². The fraction of sp³-hybridized carbons (Fsp3) is 0.545. The van der Waals surface area contributed by atoms with Crippen molar-refractivity contribution in [3.05, 3.63) is 29.6 Å². The van der Waals surface area contributed by atoms with Gasteiger partial charge < -0.3 is 0 Å². The summed E-state index contributed by atoms with van der Waals surface area (Å²) in [6, 6.07) is 3.45. The second-order valence-corrected chi connectivity index (χ2v) is 10.2. The zero-order valence-corrected chi connectivity index (χ0v) is 10.1. The Morgan fingerprint density at radius 3 is 2.46 bits per heavy atom. The minimum Gasteiger partial charge on any atom is -0.264 e. The molecule has 0 fully saturated rings. The monoisotopic (exact) mass is 193 g/mol. The molecule has 0 N–H and O–H groups in total. The standard InChI is InChI=1S/C11H19NSi/c1-5-10-8-12-7-6-11(10)9-13(2,3)4/h6-8H,5,9H2,1-4H3. The molecule has 0 spiro atoms. The molecule has 1 nitrogen and oxygen atoms in total. The van der Waals surface area contributed by atoms with Crippen LogP contribution in [0.5, 0.6) is 0 Å². The summed E-state index contributed by atoms with van der Waals surface area (Å²) in [5.74, 6) is 0. The molecule has 0 aliphatic heterocycles. The first-order valence-electron chi connectivity index (χ1n) is 4.94. The third-order valence-corrected chi connectivity index (χ3v) is 3.55. The summed E-state index contributed by atoms with van der Waals surface area (Å²) in [7, 11) is -0.973. The Kier molecular flexibility index (Phi) is 3.26. The van der Waals surface area contributed by atoms with Crippen LogP contribution in [0.25, 0.3) is 0 Å². The first-order chi connectivity index (χ1) is 6.03. The van der Waals surface area contributed by atoms with E-state index in [1.807, 2.05) is 12.4 Å². The normalized spacial score (nSPS) is 11.7. The maximum atomic E-state index is 4.16. The predicted molar refractivity (Wildman–Crippen MR) is 60.7 cm³/mol. The number of hydrogen-bond acceptors (Lipinski definition) is 1. The van der Waals surface area contributed by atoms with Crippen LogP contribution in [0.1, 0.15) is 18.1 Å². The quantitative estimate of drug-likeness (QED) is 0.672. The molecule has 0 saturated carbocycles. The number of nitrogens with zero attached hydrogens (tertiary/aromatic N) is 1. The molecule has 0 saturated heterocycles. The third-order valence-electron chi connectivity index (χ3n) is 2.11. The minimum absolute atomic E-state index is 0.973. The molecule has 13 heavy (non-hydrogen) atoms. The van der Waals surface area contributed by atoms with Gasteiger partial charge in [-0.05, 0) is 29.7 Å². The maximum absolute atomic E-state index is 4.16. The van der Waals surface area contributed by atoms with Gasteiger partial charge in [-0.1, -0.05) is 26.6 Å². The fourth-order valence-corrected chi connectivity index (χ4v) is 3.01. The Morgan fingerprint density at radius 1 is 1.23 bits per heavy atom. The van der Waals surface area contributed by atoms with E-state index in [2.05, 4.69) is 37.6 Å². The Hall–Kier alpha value is -0.633. The molecule has 72 valence electrons. The van der Waals surface area contributed by atoms with Gasteiger partial charge in [0, 0.05) is 20.5 Å². The van der Waals surface area contributed by atoms with Crippen LogP contribution in [-0.4, -0.2) is 13.1 Å². The second kappa shape index (κ2) is 4.05. The van der Waals surface area contributed by atoms with Crippen LogP contribution < -0.4 is 0 Å². The van der Waals surface area contributed by atoms with E-state index in [0.717, 1.165) is 6.42 Å². The first kappa shape index (κ1) is 10.4. The molecule has 1 rings (SSSR count).